The lowest BCUT2D eigenvalue weighted by Gasteiger charge is -2.09. The van der Waals surface area contributed by atoms with E-state index in [0.717, 1.165) is 24.0 Å². The summed E-state index contributed by atoms with van der Waals surface area (Å²) in [5.41, 5.74) is 2.49. The Morgan fingerprint density at radius 2 is 2.15 bits per heavy atom. The summed E-state index contributed by atoms with van der Waals surface area (Å²) in [6.45, 7) is 5.48. The van der Waals surface area contributed by atoms with E-state index < -0.39 is 0 Å². The molecule has 0 saturated heterocycles. The Morgan fingerprint density at radius 3 is 2.85 bits per heavy atom. The third-order valence-electron chi connectivity index (χ3n) is 2.96. The molecule has 1 N–H and O–H groups in total. The lowest BCUT2D eigenvalue weighted by atomic mass is 10.1. The average Bonchev–Trinajstić information content (AvgIpc) is 2.95. The lowest BCUT2D eigenvalue weighted by Crippen LogP contribution is -2.13. The van der Waals surface area contributed by atoms with Crippen molar-refractivity contribution in [3.63, 3.8) is 0 Å². The van der Waals surface area contributed by atoms with Crippen LogP contribution in [0.1, 0.15) is 29.3 Å². The first-order valence-corrected chi connectivity index (χ1v) is 8.55. The summed E-state index contributed by atoms with van der Waals surface area (Å²) in [5, 5.41) is 5.49. The van der Waals surface area contributed by atoms with Crippen molar-refractivity contribution in [1.29, 1.82) is 0 Å². The summed E-state index contributed by atoms with van der Waals surface area (Å²) in [6.07, 6.45) is 1.16. The summed E-state index contributed by atoms with van der Waals surface area (Å²) in [7, 11) is 0. The molecule has 0 fully saturated rings. The smallest absolute Gasteiger partial charge is 0.0813 e. The van der Waals surface area contributed by atoms with E-state index in [2.05, 4.69) is 63.9 Å². The van der Waals surface area contributed by atoms with Crippen molar-refractivity contribution in [2.24, 2.45) is 0 Å². The zero-order valence-corrected chi connectivity index (χ0v) is 14.1. The lowest BCUT2D eigenvalue weighted by molar-refractivity contribution is 0.109. The van der Waals surface area contributed by atoms with Crippen LogP contribution < -0.4 is 5.32 Å². The molecule has 0 bridgehead atoms. The molecular formula is C16H20BrNOS. The Morgan fingerprint density at radius 1 is 1.25 bits per heavy atom. The molecule has 0 aliphatic rings. The molecule has 2 nitrogen and oxygen atoms in total. The van der Waals surface area contributed by atoms with Gasteiger partial charge in [0.2, 0.25) is 0 Å². The van der Waals surface area contributed by atoms with Gasteiger partial charge in [0.25, 0.3) is 0 Å². The van der Waals surface area contributed by atoms with Crippen molar-refractivity contribution in [3.05, 3.63) is 56.2 Å². The van der Waals surface area contributed by atoms with E-state index in [4.69, 9.17) is 4.74 Å². The predicted molar refractivity (Wildman–Crippen MR) is 89.0 cm³/mol. The molecule has 0 amide bonds. The van der Waals surface area contributed by atoms with Gasteiger partial charge in [-0.15, -0.1) is 11.3 Å². The minimum atomic E-state index is 0.640. The minimum absolute atomic E-state index is 0.640. The zero-order chi connectivity index (χ0) is 14.2. The summed E-state index contributed by atoms with van der Waals surface area (Å²) in [5.74, 6) is 0. The summed E-state index contributed by atoms with van der Waals surface area (Å²) in [6, 6.07) is 10.6. The molecule has 4 heteroatoms. The molecule has 2 aromatic rings. The summed E-state index contributed by atoms with van der Waals surface area (Å²) in [4.78, 5) is 1.27. The molecule has 0 saturated carbocycles. The summed E-state index contributed by atoms with van der Waals surface area (Å²) >= 11 is 5.36. The van der Waals surface area contributed by atoms with Gasteiger partial charge in [0.15, 0.2) is 0 Å². The van der Waals surface area contributed by atoms with E-state index in [1.165, 1.54) is 16.0 Å². The second-order valence-electron chi connectivity index (χ2n) is 4.67. The molecule has 1 heterocycles. The Bertz CT molecular complexity index is 513. The minimum Gasteiger partial charge on any atom is -0.371 e. The molecular weight excluding hydrogens is 334 g/mol. The van der Waals surface area contributed by atoms with E-state index >= 15 is 0 Å². The van der Waals surface area contributed by atoms with E-state index in [-0.39, 0.29) is 0 Å². The number of thiophene rings is 1. The van der Waals surface area contributed by atoms with E-state index in [1.54, 1.807) is 11.3 Å². The highest BCUT2D eigenvalue weighted by Crippen LogP contribution is 2.20. The van der Waals surface area contributed by atoms with Gasteiger partial charge in [0.1, 0.15) is 0 Å². The molecule has 1 aromatic heterocycles. The van der Waals surface area contributed by atoms with Crippen LogP contribution in [0.4, 0.5) is 0 Å². The molecule has 0 spiro atoms. The first kappa shape index (κ1) is 15.7. The Hall–Kier alpha value is -0.680. The highest BCUT2D eigenvalue weighted by atomic mass is 79.9. The van der Waals surface area contributed by atoms with Crippen molar-refractivity contribution in [3.8, 4) is 0 Å². The molecule has 108 valence electrons. The maximum Gasteiger partial charge on any atom is 0.0813 e. The van der Waals surface area contributed by atoms with E-state index in [0.29, 0.717) is 13.2 Å². The maximum atomic E-state index is 5.75. The first-order valence-electron chi connectivity index (χ1n) is 6.87. The van der Waals surface area contributed by atoms with Crippen molar-refractivity contribution in [2.45, 2.75) is 33.1 Å². The van der Waals surface area contributed by atoms with Crippen LogP contribution >= 0.6 is 27.3 Å². The topological polar surface area (TPSA) is 21.3 Å². The van der Waals surface area contributed by atoms with E-state index in [1.807, 2.05) is 0 Å². The van der Waals surface area contributed by atoms with Gasteiger partial charge in [0, 0.05) is 15.9 Å². The van der Waals surface area contributed by atoms with Gasteiger partial charge in [-0.05, 0) is 41.6 Å². The number of ether oxygens (including phenoxy) is 1. The van der Waals surface area contributed by atoms with Crippen LogP contribution in [-0.4, -0.2) is 6.54 Å². The maximum absolute atomic E-state index is 5.75. The van der Waals surface area contributed by atoms with Crippen LogP contribution in [0.3, 0.4) is 0 Å². The predicted octanol–water partition coefficient (Wildman–Crippen LogP) is 4.73. The van der Waals surface area contributed by atoms with Crippen LogP contribution in [0.15, 0.2) is 40.2 Å². The molecule has 0 radical (unpaired) electrons. The average molecular weight is 354 g/mol. The SMILES string of the molecule is CCCNCc1ccc(COCc2cccs2)c(Br)c1. The van der Waals surface area contributed by atoms with Crippen molar-refractivity contribution in [2.75, 3.05) is 6.54 Å². The van der Waals surface area contributed by atoms with Crippen molar-refractivity contribution in [1.82, 2.24) is 5.32 Å². The van der Waals surface area contributed by atoms with Crippen LogP contribution in [0.2, 0.25) is 0 Å². The Balaban J connectivity index is 1.82. The molecule has 0 aliphatic heterocycles. The van der Waals surface area contributed by atoms with Gasteiger partial charge in [-0.2, -0.15) is 0 Å². The van der Waals surface area contributed by atoms with Crippen LogP contribution in [0, 0.1) is 0 Å². The van der Waals surface area contributed by atoms with Gasteiger partial charge < -0.3 is 10.1 Å². The second-order valence-corrected chi connectivity index (χ2v) is 6.56. The van der Waals surface area contributed by atoms with Crippen LogP contribution in [0.25, 0.3) is 0 Å². The highest BCUT2D eigenvalue weighted by Gasteiger charge is 2.03. The molecule has 2 rings (SSSR count). The normalized spacial score (nSPS) is 10.9. The highest BCUT2D eigenvalue weighted by molar-refractivity contribution is 9.10. The van der Waals surface area contributed by atoms with Gasteiger partial charge >= 0.3 is 0 Å². The van der Waals surface area contributed by atoms with Crippen molar-refractivity contribution < 1.29 is 4.74 Å². The van der Waals surface area contributed by atoms with Crippen LogP contribution in [-0.2, 0) is 24.5 Å². The first-order chi connectivity index (χ1) is 9.79. The third-order valence-corrected chi connectivity index (χ3v) is 4.54. The number of hydrogen-bond donors (Lipinski definition) is 1. The van der Waals surface area contributed by atoms with E-state index in [9.17, 15) is 0 Å². The van der Waals surface area contributed by atoms with Gasteiger partial charge in [-0.25, -0.2) is 0 Å². The monoisotopic (exact) mass is 353 g/mol. The van der Waals surface area contributed by atoms with Crippen molar-refractivity contribution >= 4 is 27.3 Å². The molecule has 20 heavy (non-hydrogen) atoms. The molecule has 0 aliphatic carbocycles. The van der Waals surface area contributed by atoms with Crippen LogP contribution in [0.5, 0.6) is 0 Å². The Labute approximate surface area is 133 Å². The summed E-state index contributed by atoms with van der Waals surface area (Å²) < 4.78 is 6.87. The number of halogens is 1. The molecule has 0 atom stereocenters. The van der Waals surface area contributed by atoms with Gasteiger partial charge in [-0.1, -0.05) is 41.1 Å². The largest absolute Gasteiger partial charge is 0.371 e. The number of nitrogens with one attached hydrogen (secondary N) is 1. The molecule has 0 unspecified atom stereocenters. The number of benzene rings is 1. The number of rotatable bonds is 8. The number of hydrogen-bond acceptors (Lipinski definition) is 3. The quantitative estimate of drug-likeness (QED) is 0.692. The van der Waals surface area contributed by atoms with Gasteiger partial charge in [-0.3, -0.25) is 0 Å². The molecule has 1 aromatic carbocycles. The fraction of sp³-hybridized carbons (Fsp3) is 0.375. The fourth-order valence-corrected chi connectivity index (χ4v) is 3.06. The second kappa shape index (κ2) is 8.57. The van der Waals surface area contributed by atoms with Gasteiger partial charge in [0.05, 0.1) is 13.2 Å². The third kappa shape index (κ3) is 5.02. The standard InChI is InChI=1S/C16H20BrNOS/c1-2-7-18-10-13-5-6-14(16(17)9-13)11-19-12-15-4-3-8-20-15/h3-6,8-9,18H,2,7,10-12H2,1H3. The fourth-order valence-electron chi connectivity index (χ4n) is 1.88. The Kier molecular flexibility index (Phi) is 6.73. The zero-order valence-electron chi connectivity index (χ0n) is 11.7.